The molecule has 108 valence electrons. The number of aromatic carboxylic acids is 1. The number of rotatable bonds is 4. The van der Waals surface area contributed by atoms with Gasteiger partial charge in [-0.25, -0.2) is 4.79 Å². The number of nitrogens with one attached hydrogen (secondary N) is 1. The van der Waals surface area contributed by atoms with E-state index in [1.54, 1.807) is 24.3 Å². The van der Waals surface area contributed by atoms with Crippen molar-refractivity contribution in [1.29, 1.82) is 0 Å². The first-order chi connectivity index (χ1) is 10.0. The van der Waals surface area contributed by atoms with Crippen molar-refractivity contribution in [3.05, 3.63) is 53.6 Å². The summed E-state index contributed by atoms with van der Waals surface area (Å²) in [6.07, 6.45) is 0. The fourth-order valence-electron chi connectivity index (χ4n) is 1.72. The van der Waals surface area contributed by atoms with Gasteiger partial charge in [-0.2, -0.15) is 0 Å². The second kappa shape index (κ2) is 5.96. The first-order valence-electron chi connectivity index (χ1n) is 6.01. The Kier molecular flexibility index (Phi) is 4.08. The number of carbonyl (C=O) groups is 2. The highest BCUT2D eigenvalue weighted by Gasteiger charge is 2.09. The van der Waals surface area contributed by atoms with E-state index in [4.69, 9.17) is 9.84 Å². The minimum absolute atomic E-state index is 0.243. The minimum Gasteiger partial charge on any atom is -0.872 e. The number of carboxylic acids is 1. The van der Waals surface area contributed by atoms with Gasteiger partial charge in [0.1, 0.15) is 5.75 Å². The third kappa shape index (κ3) is 3.30. The average molecular weight is 286 g/mol. The third-order valence-corrected chi connectivity index (χ3v) is 2.82. The summed E-state index contributed by atoms with van der Waals surface area (Å²) in [7, 11) is 1.52. The number of carbonyl (C=O) groups excluding carboxylic acids is 1. The zero-order valence-corrected chi connectivity index (χ0v) is 11.1. The first-order valence-corrected chi connectivity index (χ1v) is 6.01. The number of hydrogen-bond donors (Lipinski definition) is 2. The van der Waals surface area contributed by atoms with Crippen LogP contribution < -0.4 is 15.2 Å². The van der Waals surface area contributed by atoms with Gasteiger partial charge in [-0.15, -0.1) is 0 Å². The van der Waals surface area contributed by atoms with Gasteiger partial charge < -0.3 is 20.3 Å². The van der Waals surface area contributed by atoms with Crippen LogP contribution in [0.25, 0.3) is 0 Å². The zero-order chi connectivity index (χ0) is 15.4. The number of anilines is 1. The molecule has 0 aromatic heterocycles. The zero-order valence-electron chi connectivity index (χ0n) is 11.1. The van der Waals surface area contributed by atoms with Crippen LogP contribution in [0.3, 0.4) is 0 Å². The van der Waals surface area contributed by atoms with Gasteiger partial charge in [0.2, 0.25) is 0 Å². The lowest BCUT2D eigenvalue weighted by Crippen LogP contribution is -2.13. The van der Waals surface area contributed by atoms with Gasteiger partial charge in [0.05, 0.1) is 12.7 Å². The highest BCUT2D eigenvalue weighted by Crippen LogP contribution is 2.20. The van der Waals surface area contributed by atoms with Gasteiger partial charge in [0.15, 0.2) is 0 Å². The number of benzene rings is 2. The number of methoxy groups -OCH3 is 1. The molecule has 0 radical (unpaired) electrons. The Morgan fingerprint density at radius 3 is 2.38 bits per heavy atom. The van der Waals surface area contributed by atoms with E-state index in [0.717, 1.165) is 12.1 Å². The van der Waals surface area contributed by atoms with Gasteiger partial charge in [0, 0.05) is 11.3 Å². The molecule has 2 rings (SSSR count). The molecule has 1 amide bonds. The molecule has 0 unspecified atom stereocenters. The molecule has 6 nitrogen and oxygen atoms in total. The summed E-state index contributed by atoms with van der Waals surface area (Å²) in [5, 5.41) is 22.7. The Morgan fingerprint density at radius 1 is 1.14 bits per heavy atom. The Bertz CT molecular complexity index is 679. The maximum atomic E-state index is 12.0. The van der Waals surface area contributed by atoms with Gasteiger partial charge >= 0.3 is 5.97 Å². The standard InChI is InChI=1S/C15H13NO5/c1-21-11-5-2-9(3-6-11)14(18)16-10-4-7-13(17)12(8-10)15(19)20/h2-8,17H,1H3,(H,16,18)(H,19,20)/p-1. The maximum absolute atomic E-state index is 12.0. The van der Waals surface area contributed by atoms with Crippen LogP contribution >= 0.6 is 0 Å². The van der Waals surface area contributed by atoms with Crippen LogP contribution in [0.15, 0.2) is 42.5 Å². The van der Waals surface area contributed by atoms with Crippen molar-refractivity contribution in [2.75, 3.05) is 12.4 Å². The van der Waals surface area contributed by atoms with Crippen LogP contribution in [0.5, 0.6) is 11.5 Å². The number of hydrogen-bond acceptors (Lipinski definition) is 4. The van der Waals surface area contributed by atoms with Gasteiger partial charge in [0.25, 0.3) is 5.91 Å². The molecular formula is C15H12NO5-. The van der Waals surface area contributed by atoms with E-state index >= 15 is 0 Å². The predicted octanol–water partition coefficient (Wildman–Crippen LogP) is 1.72. The number of carboxylic acid groups (broad SMARTS) is 1. The van der Waals surface area contributed by atoms with E-state index < -0.39 is 17.6 Å². The van der Waals surface area contributed by atoms with Crippen molar-refractivity contribution in [2.45, 2.75) is 0 Å². The van der Waals surface area contributed by atoms with Gasteiger partial charge in [-0.05, 0) is 36.4 Å². The Balaban J connectivity index is 2.19. The van der Waals surface area contributed by atoms with Crippen molar-refractivity contribution in [3.63, 3.8) is 0 Å². The second-order valence-corrected chi connectivity index (χ2v) is 4.20. The van der Waals surface area contributed by atoms with Crippen LogP contribution in [0.1, 0.15) is 20.7 Å². The molecule has 0 fully saturated rings. The van der Waals surface area contributed by atoms with Crippen molar-refractivity contribution in [3.8, 4) is 11.5 Å². The second-order valence-electron chi connectivity index (χ2n) is 4.20. The molecule has 0 saturated heterocycles. The Hall–Kier alpha value is -3.02. The molecule has 2 aromatic carbocycles. The van der Waals surface area contributed by atoms with Gasteiger partial charge in [-0.1, -0.05) is 11.8 Å². The highest BCUT2D eigenvalue weighted by molar-refractivity contribution is 6.05. The van der Waals surface area contributed by atoms with E-state index in [0.29, 0.717) is 11.3 Å². The fraction of sp³-hybridized carbons (Fsp3) is 0.0667. The Labute approximate surface area is 120 Å². The summed E-state index contributed by atoms with van der Waals surface area (Å²) in [5.41, 5.74) is 0.245. The predicted molar refractivity (Wildman–Crippen MR) is 73.8 cm³/mol. The molecular weight excluding hydrogens is 274 g/mol. The highest BCUT2D eigenvalue weighted by atomic mass is 16.5. The molecule has 6 heteroatoms. The number of ether oxygens (including phenoxy) is 1. The summed E-state index contributed by atoms with van der Waals surface area (Å²) in [6.45, 7) is 0. The third-order valence-electron chi connectivity index (χ3n) is 2.82. The van der Waals surface area contributed by atoms with E-state index in [9.17, 15) is 14.7 Å². The molecule has 0 saturated carbocycles. The monoisotopic (exact) mass is 286 g/mol. The van der Waals surface area contributed by atoms with Crippen LogP contribution in [-0.4, -0.2) is 24.1 Å². The summed E-state index contributed by atoms with van der Waals surface area (Å²) in [5.74, 6) is -1.73. The van der Waals surface area contributed by atoms with Crippen LogP contribution in [0.2, 0.25) is 0 Å². The van der Waals surface area contributed by atoms with E-state index in [-0.39, 0.29) is 11.3 Å². The average Bonchev–Trinajstić information content (AvgIpc) is 2.49. The quantitative estimate of drug-likeness (QED) is 0.891. The van der Waals surface area contributed by atoms with Gasteiger partial charge in [-0.3, -0.25) is 4.79 Å². The SMILES string of the molecule is COc1ccc(C(=O)Nc2ccc([O-])c(C(=O)O)c2)cc1. The molecule has 0 spiro atoms. The summed E-state index contributed by atoms with van der Waals surface area (Å²) < 4.78 is 4.99. The fourth-order valence-corrected chi connectivity index (χ4v) is 1.72. The lowest BCUT2D eigenvalue weighted by atomic mass is 10.1. The van der Waals surface area contributed by atoms with Crippen molar-refractivity contribution in [1.82, 2.24) is 0 Å². The molecule has 0 atom stereocenters. The molecule has 2 aromatic rings. The maximum Gasteiger partial charge on any atom is 0.335 e. The molecule has 2 N–H and O–H groups in total. The summed E-state index contributed by atoms with van der Waals surface area (Å²) in [6, 6.07) is 10.0. The molecule has 21 heavy (non-hydrogen) atoms. The van der Waals surface area contributed by atoms with Crippen molar-refractivity contribution < 1.29 is 24.5 Å². The molecule has 0 aliphatic carbocycles. The summed E-state index contributed by atoms with van der Waals surface area (Å²) in [4.78, 5) is 22.9. The molecule has 0 bridgehead atoms. The normalized spacial score (nSPS) is 9.95. The lowest BCUT2D eigenvalue weighted by molar-refractivity contribution is -0.268. The van der Waals surface area contributed by atoms with Crippen molar-refractivity contribution >= 4 is 17.6 Å². The van der Waals surface area contributed by atoms with E-state index in [1.807, 2.05) is 0 Å². The van der Waals surface area contributed by atoms with E-state index in [2.05, 4.69) is 5.32 Å². The molecule has 0 heterocycles. The molecule has 0 aliphatic heterocycles. The number of amides is 1. The largest absolute Gasteiger partial charge is 0.872 e. The van der Waals surface area contributed by atoms with Crippen LogP contribution in [0, 0.1) is 0 Å². The first kappa shape index (κ1) is 14.4. The minimum atomic E-state index is -1.33. The topological polar surface area (TPSA) is 98.7 Å². The lowest BCUT2D eigenvalue weighted by Gasteiger charge is -2.12. The van der Waals surface area contributed by atoms with Crippen molar-refractivity contribution in [2.24, 2.45) is 0 Å². The molecule has 0 aliphatic rings. The smallest absolute Gasteiger partial charge is 0.335 e. The van der Waals surface area contributed by atoms with E-state index in [1.165, 1.54) is 13.2 Å². The van der Waals surface area contributed by atoms with Crippen LogP contribution in [0.4, 0.5) is 5.69 Å². The van der Waals surface area contributed by atoms with Crippen LogP contribution in [-0.2, 0) is 0 Å². The summed E-state index contributed by atoms with van der Waals surface area (Å²) >= 11 is 0. The Morgan fingerprint density at radius 2 is 1.81 bits per heavy atom.